The third-order valence-corrected chi connectivity index (χ3v) is 5.79. The largest absolute Gasteiger partial charge is 0.452 e. The standard InChI is InChI=1S/C18H26N2O5S/c1-6-18(3,4)19-16(21)11-25-17(22)13-7-8-15-14(10-13)9-12(2)20(15)26(5,23)24/h7-8,10,12H,6,9,11H2,1-5H3,(H,19,21)/t12-/m0/s1. The zero-order valence-corrected chi connectivity index (χ0v) is 16.6. The van der Waals surface area contributed by atoms with Crippen LogP contribution in [-0.4, -0.2) is 44.7 Å². The van der Waals surface area contributed by atoms with Gasteiger partial charge in [0.2, 0.25) is 10.0 Å². The lowest BCUT2D eigenvalue weighted by Crippen LogP contribution is -2.44. The molecule has 1 aromatic rings. The second-order valence-corrected chi connectivity index (χ2v) is 9.18. The summed E-state index contributed by atoms with van der Waals surface area (Å²) in [4.78, 5) is 24.1. The monoisotopic (exact) mass is 382 g/mol. The maximum absolute atomic E-state index is 12.2. The molecule has 2 rings (SSSR count). The minimum absolute atomic E-state index is 0.201. The average molecular weight is 382 g/mol. The Hall–Kier alpha value is -2.09. The van der Waals surface area contributed by atoms with Crippen LogP contribution >= 0.6 is 0 Å². The Morgan fingerprint density at radius 3 is 2.58 bits per heavy atom. The zero-order chi connectivity index (χ0) is 19.7. The van der Waals surface area contributed by atoms with Crippen LogP contribution in [0.25, 0.3) is 0 Å². The molecule has 1 N–H and O–H groups in total. The van der Waals surface area contributed by atoms with Crippen molar-refractivity contribution in [2.75, 3.05) is 17.2 Å². The number of nitrogens with zero attached hydrogens (tertiary/aromatic N) is 1. The van der Waals surface area contributed by atoms with Gasteiger partial charge < -0.3 is 10.1 Å². The molecule has 1 aromatic carbocycles. The van der Waals surface area contributed by atoms with Crippen molar-refractivity contribution in [1.82, 2.24) is 5.32 Å². The molecule has 0 fully saturated rings. The molecule has 0 aromatic heterocycles. The van der Waals surface area contributed by atoms with Crippen molar-refractivity contribution in [3.8, 4) is 0 Å². The van der Waals surface area contributed by atoms with Crippen LogP contribution in [0.4, 0.5) is 5.69 Å². The Morgan fingerprint density at radius 1 is 1.35 bits per heavy atom. The molecule has 1 atom stereocenters. The van der Waals surface area contributed by atoms with Gasteiger partial charge in [0.25, 0.3) is 5.91 Å². The predicted octanol–water partition coefficient (Wildman–Crippen LogP) is 1.86. The Labute approximate surface area is 154 Å². The van der Waals surface area contributed by atoms with Crippen LogP contribution in [0.2, 0.25) is 0 Å². The lowest BCUT2D eigenvalue weighted by molar-refractivity contribution is -0.125. The van der Waals surface area contributed by atoms with Crippen LogP contribution in [-0.2, 0) is 26.0 Å². The maximum Gasteiger partial charge on any atom is 0.338 e. The molecule has 8 heteroatoms. The SMILES string of the molecule is CCC(C)(C)NC(=O)COC(=O)c1ccc2c(c1)C[C@H](C)N2S(C)(=O)=O. The molecule has 0 aliphatic carbocycles. The molecule has 0 saturated heterocycles. The molecule has 26 heavy (non-hydrogen) atoms. The van der Waals surface area contributed by atoms with Crippen molar-refractivity contribution >= 4 is 27.6 Å². The highest BCUT2D eigenvalue weighted by atomic mass is 32.2. The van der Waals surface area contributed by atoms with E-state index in [0.29, 0.717) is 17.7 Å². The summed E-state index contributed by atoms with van der Waals surface area (Å²) in [5, 5.41) is 2.79. The topological polar surface area (TPSA) is 92.8 Å². The summed E-state index contributed by atoms with van der Waals surface area (Å²) in [6, 6.07) is 4.56. The summed E-state index contributed by atoms with van der Waals surface area (Å²) >= 11 is 0. The van der Waals surface area contributed by atoms with Crippen LogP contribution < -0.4 is 9.62 Å². The molecule has 7 nitrogen and oxygen atoms in total. The van der Waals surface area contributed by atoms with Gasteiger partial charge in [-0.2, -0.15) is 0 Å². The number of ether oxygens (including phenoxy) is 1. The van der Waals surface area contributed by atoms with Crippen LogP contribution in [0, 0.1) is 0 Å². The summed E-state index contributed by atoms with van der Waals surface area (Å²) in [5.41, 5.74) is 1.30. The predicted molar refractivity (Wildman–Crippen MR) is 99.7 cm³/mol. The first kappa shape index (κ1) is 20.2. The van der Waals surface area contributed by atoms with Crippen LogP contribution in [0.3, 0.4) is 0 Å². The van der Waals surface area contributed by atoms with Gasteiger partial charge >= 0.3 is 5.97 Å². The van der Waals surface area contributed by atoms with E-state index in [4.69, 9.17) is 4.74 Å². The Kier molecular flexibility index (Phi) is 5.65. The molecule has 0 saturated carbocycles. The van der Waals surface area contributed by atoms with E-state index < -0.39 is 16.0 Å². The lowest BCUT2D eigenvalue weighted by atomic mass is 10.0. The third kappa shape index (κ3) is 4.55. The molecule has 144 valence electrons. The Balaban J connectivity index is 2.06. The van der Waals surface area contributed by atoms with Crippen molar-refractivity contribution in [3.63, 3.8) is 0 Å². The van der Waals surface area contributed by atoms with Crippen molar-refractivity contribution in [3.05, 3.63) is 29.3 Å². The second-order valence-electron chi connectivity index (χ2n) is 7.32. The van der Waals surface area contributed by atoms with Crippen LogP contribution in [0.5, 0.6) is 0 Å². The summed E-state index contributed by atoms with van der Waals surface area (Å²) in [7, 11) is -3.38. The lowest BCUT2D eigenvalue weighted by Gasteiger charge is -2.24. The molecular weight excluding hydrogens is 356 g/mol. The number of amides is 1. The number of rotatable bonds is 6. The Morgan fingerprint density at radius 2 is 2.00 bits per heavy atom. The number of carbonyl (C=O) groups excluding carboxylic acids is 2. The minimum atomic E-state index is -3.38. The number of anilines is 1. The number of hydrogen-bond donors (Lipinski definition) is 1. The smallest absolute Gasteiger partial charge is 0.338 e. The van der Waals surface area contributed by atoms with E-state index in [0.717, 1.165) is 18.2 Å². The summed E-state index contributed by atoms with van der Waals surface area (Å²) in [6.45, 7) is 7.20. The molecule has 1 aliphatic rings. The fourth-order valence-corrected chi connectivity index (χ4v) is 4.22. The van der Waals surface area contributed by atoms with Crippen molar-refractivity contribution in [2.45, 2.75) is 52.1 Å². The highest BCUT2D eigenvalue weighted by molar-refractivity contribution is 7.92. The highest BCUT2D eigenvalue weighted by Crippen LogP contribution is 2.34. The number of fused-ring (bicyclic) bond motifs is 1. The molecule has 0 bridgehead atoms. The fourth-order valence-electron chi connectivity index (χ4n) is 2.95. The van der Waals surface area contributed by atoms with Crippen molar-refractivity contribution in [2.24, 2.45) is 0 Å². The molecule has 0 radical (unpaired) electrons. The van der Waals surface area contributed by atoms with Crippen LogP contribution in [0.1, 0.15) is 50.0 Å². The molecule has 1 heterocycles. The molecule has 1 aliphatic heterocycles. The van der Waals surface area contributed by atoms with Crippen molar-refractivity contribution in [1.29, 1.82) is 0 Å². The molecule has 0 unspecified atom stereocenters. The third-order valence-electron chi connectivity index (χ3n) is 4.52. The van der Waals surface area contributed by atoms with E-state index in [2.05, 4.69) is 5.32 Å². The Bertz CT molecular complexity index is 817. The summed E-state index contributed by atoms with van der Waals surface area (Å²) in [5.74, 6) is -0.967. The van der Waals surface area contributed by atoms with Gasteiger partial charge in [-0.15, -0.1) is 0 Å². The van der Waals surface area contributed by atoms with Crippen molar-refractivity contribution < 1.29 is 22.7 Å². The van der Waals surface area contributed by atoms with Gasteiger partial charge in [-0.3, -0.25) is 9.10 Å². The molecule has 0 spiro atoms. The van der Waals surface area contributed by atoms with Gasteiger partial charge in [-0.1, -0.05) is 6.92 Å². The fraction of sp³-hybridized carbons (Fsp3) is 0.556. The first-order chi connectivity index (χ1) is 11.9. The second kappa shape index (κ2) is 7.26. The molecule has 1 amide bonds. The average Bonchev–Trinajstić information content (AvgIpc) is 2.87. The summed E-state index contributed by atoms with van der Waals surface area (Å²) < 4.78 is 30.3. The highest BCUT2D eigenvalue weighted by Gasteiger charge is 2.33. The van der Waals surface area contributed by atoms with Gasteiger partial charge in [0.1, 0.15) is 0 Å². The van der Waals surface area contributed by atoms with E-state index in [9.17, 15) is 18.0 Å². The maximum atomic E-state index is 12.2. The van der Waals surface area contributed by atoms with E-state index in [1.165, 1.54) is 10.4 Å². The van der Waals surface area contributed by atoms with E-state index in [1.54, 1.807) is 12.1 Å². The summed E-state index contributed by atoms with van der Waals surface area (Å²) in [6.07, 6.45) is 2.44. The molecular formula is C18H26N2O5S. The number of sulfonamides is 1. The normalized spacial score (nSPS) is 17.0. The number of hydrogen-bond acceptors (Lipinski definition) is 5. The quantitative estimate of drug-likeness (QED) is 0.758. The van der Waals surface area contributed by atoms with Gasteiger partial charge in [0.15, 0.2) is 6.61 Å². The van der Waals surface area contributed by atoms with Gasteiger partial charge in [0, 0.05) is 11.6 Å². The van der Waals surface area contributed by atoms with Gasteiger partial charge in [0.05, 0.1) is 17.5 Å². The number of benzene rings is 1. The van der Waals surface area contributed by atoms with E-state index in [-0.39, 0.29) is 24.1 Å². The number of carbonyl (C=O) groups is 2. The minimum Gasteiger partial charge on any atom is -0.452 e. The van der Waals surface area contributed by atoms with E-state index in [1.807, 2.05) is 27.7 Å². The van der Waals surface area contributed by atoms with Crippen LogP contribution in [0.15, 0.2) is 18.2 Å². The first-order valence-electron chi connectivity index (χ1n) is 8.55. The van der Waals surface area contributed by atoms with E-state index >= 15 is 0 Å². The zero-order valence-electron chi connectivity index (χ0n) is 15.8. The number of esters is 1. The first-order valence-corrected chi connectivity index (χ1v) is 10.4. The van der Waals surface area contributed by atoms with Gasteiger partial charge in [-0.05, 0) is 57.4 Å². The van der Waals surface area contributed by atoms with Gasteiger partial charge in [-0.25, -0.2) is 13.2 Å². The number of nitrogens with one attached hydrogen (secondary N) is 1.